The molecule has 6 heteroatoms. The molecule has 1 atom stereocenters. The Kier molecular flexibility index (Phi) is 6.27. The molecular weight excluding hydrogens is 266 g/mol. The fourth-order valence-corrected chi connectivity index (χ4v) is 2.15. The third-order valence-corrected chi connectivity index (χ3v) is 3.63. The van der Waals surface area contributed by atoms with E-state index < -0.39 is 9.84 Å². The van der Waals surface area contributed by atoms with Crippen LogP contribution in [0.1, 0.15) is 6.92 Å². The Bertz CT molecular complexity index is 470. The van der Waals surface area contributed by atoms with E-state index in [-0.39, 0.29) is 6.10 Å². The minimum atomic E-state index is -3.15. The van der Waals surface area contributed by atoms with Crippen molar-refractivity contribution in [3.8, 4) is 5.75 Å². The summed E-state index contributed by atoms with van der Waals surface area (Å²) in [5.41, 5.74) is 0. The molecule has 0 spiro atoms. The minimum Gasteiger partial charge on any atom is -0.489 e. The van der Waals surface area contributed by atoms with Gasteiger partial charge in [-0.05, 0) is 31.2 Å². The van der Waals surface area contributed by atoms with Crippen LogP contribution in [0.4, 0.5) is 0 Å². The van der Waals surface area contributed by atoms with Crippen LogP contribution in [0.2, 0.25) is 0 Å². The van der Waals surface area contributed by atoms with E-state index in [9.17, 15) is 8.42 Å². The second kappa shape index (κ2) is 7.47. The summed E-state index contributed by atoms with van der Waals surface area (Å²) in [4.78, 5) is 0.297. The van der Waals surface area contributed by atoms with Gasteiger partial charge in [-0.1, -0.05) is 0 Å². The van der Waals surface area contributed by atoms with Gasteiger partial charge < -0.3 is 14.8 Å². The van der Waals surface area contributed by atoms with E-state index in [2.05, 4.69) is 5.32 Å². The first kappa shape index (κ1) is 15.9. The highest BCUT2D eigenvalue weighted by atomic mass is 32.2. The summed E-state index contributed by atoms with van der Waals surface area (Å²) in [6.45, 7) is 4.09. The zero-order chi connectivity index (χ0) is 14.3. The van der Waals surface area contributed by atoms with E-state index in [1.54, 1.807) is 31.4 Å². The van der Waals surface area contributed by atoms with Crippen molar-refractivity contribution in [2.45, 2.75) is 17.9 Å². The lowest BCUT2D eigenvalue weighted by atomic mass is 10.3. The lowest BCUT2D eigenvalue weighted by molar-refractivity contribution is 0.184. The van der Waals surface area contributed by atoms with E-state index in [0.29, 0.717) is 23.8 Å². The summed E-state index contributed by atoms with van der Waals surface area (Å²) in [7, 11) is -1.49. The molecule has 0 bridgehead atoms. The quantitative estimate of drug-likeness (QED) is 0.725. The van der Waals surface area contributed by atoms with Crippen LogP contribution < -0.4 is 10.1 Å². The van der Waals surface area contributed by atoms with Crippen molar-refractivity contribution in [2.75, 3.05) is 33.1 Å². The number of benzene rings is 1. The number of hydrogen-bond acceptors (Lipinski definition) is 5. The average Bonchev–Trinajstić information content (AvgIpc) is 2.34. The van der Waals surface area contributed by atoms with E-state index >= 15 is 0 Å². The fourth-order valence-electron chi connectivity index (χ4n) is 1.52. The molecule has 19 heavy (non-hydrogen) atoms. The Morgan fingerprint density at radius 3 is 2.42 bits per heavy atom. The summed E-state index contributed by atoms with van der Waals surface area (Å²) in [6.07, 6.45) is 1.19. The summed E-state index contributed by atoms with van der Waals surface area (Å²) in [5.74, 6) is 0.661. The van der Waals surface area contributed by atoms with Gasteiger partial charge in [0.1, 0.15) is 11.9 Å². The zero-order valence-corrected chi connectivity index (χ0v) is 12.4. The monoisotopic (exact) mass is 287 g/mol. The average molecular weight is 287 g/mol. The lowest BCUT2D eigenvalue weighted by Gasteiger charge is -2.15. The Morgan fingerprint density at radius 1 is 1.26 bits per heavy atom. The highest BCUT2D eigenvalue weighted by Crippen LogP contribution is 2.16. The van der Waals surface area contributed by atoms with Crippen LogP contribution in [0, 0.1) is 0 Å². The van der Waals surface area contributed by atoms with Crippen molar-refractivity contribution < 1.29 is 17.9 Å². The van der Waals surface area contributed by atoms with Crippen molar-refractivity contribution in [1.82, 2.24) is 5.32 Å². The number of methoxy groups -OCH3 is 1. The largest absolute Gasteiger partial charge is 0.489 e. The molecule has 1 unspecified atom stereocenters. The third kappa shape index (κ3) is 6.04. The van der Waals surface area contributed by atoms with Crippen LogP contribution in [0.5, 0.6) is 5.75 Å². The third-order valence-electron chi connectivity index (χ3n) is 2.50. The molecule has 1 N–H and O–H groups in total. The predicted octanol–water partition coefficient (Wildman–Crippen LogP) is 1.09. The van der Waals surface area contributed by atoms with Crippen LogP contribution in [0.15, 0.2) is 29.2 Å². The van der Waals surface area contributed by atoms with Gasteiger partial charge in [0.15, 0.2) is 9.84 Å². The van der Waals surface area contributed by atoms with Crippen molar-refractivity contribution >= 4 is 9.84 Å². The minimum absolute atomic E-state index is 0.000870. The molecular formula is C13H21NO4S. The second-order valence-electron chi connectivity index (χ2n) is 4.37. The fraction of sp³-hybridized carbons (Fsp3) is 0.538. The molecule has 0 saturated heterocycles. The number of nitrogens with one attached hydrogen (secondary N) is 1. The molecule has 0 fully saturated rings. The van der Waals surface area contributed by atoms with Crippen LogP contribution in [0.25, 0.3) is 0 Å². The molecule has 108 valence electrons. The van der Waals surface area contributed by atoms with E-state index in [0.717, 1.165) is 6.54 Å². The van der Waals surface area contributed by atoms with E-state index in [1.165, 1.54) is 6.26 Å². The lowest BCUT2D eigenvalue weighted by Crippen LogP contribution is -2.31. The highest BCUT2D eigenvalue weighted by molar-refractivity contribution is 7.90. The van der Waals surface area contributed by atoms with E-state index in [4.69, 9.17) is 9.47 Å². The predicted molar refractivity (Wildman–Crippen MR) is 74.4 cm³/mol. The Hall–Kier alpha value is -1.11. The molecule has 5 nitrogen and oxygen atoms in total. The summed E-state index contributed by atoms with van der Waals surface area (Å²) in [6, 6.07) is 6.44. The topological polar surface area (TPSA) is 64.6 Å². The zero-order valence-electron chi connectivity index (χ0n) is 11.5. The van der Waals surface area contributed by atoms with Gasteiger partial charge in [-0.15, -0.1) is 0 Å². The first-order chi connectivity index (χ1) is 8.93. The van der Waals surface area contributed by atoms with Gasteiger partial charge in [-0.3, -0.25) is 0 Å². The maximum absolute atomic E-state index is 11.3. The van der Waals surface area contributed by atoms with Crippen LogP contribution in [-0.4, -0.2) is 47.6 Å². The van der Waals surface area contributed by atoms with Gasteiger partial charge in [0.05, 0.1) is 11.5 Å². The van der Waals surface area contributed by atoms with Crippen LogP contribution >= 0.6 is 0 Å². The van der Waals surface area contributed by atoms with Gasteiger partial charge in [-0.25, -0.2) is 8.42 Å². The van der Waals surface area contributed by atoms with Crippen molar-refractivity contribution in [2.24, 2.45) is 0 Å². The van der Waals surface area contributed by atoms with Gasteiger partial charge in [-0.2, -0.15) is 0 Å². The Morgan fingerprint density at radius 2 is 1.89 bits per heavy atom. The Balaban J connectivity index is 2.45. The molecule has 1 aromatic carbocycles. The highest BCUT2D eigenvalue weighted by Gasteiger charge is 2.08. The van der Waals surface area contributed by atoms with Crippen molar-refractivity contribution in [3.63, 3.8) is 0 Å². The summed E-state index contributed by atoms with van der Waals surface area (Å²) >= 11 is 0. The van der Waals surface area contributed by atoms with Gasteiger partial charge in [0, 0.05) is 26.5 Å². The molecule has 0 aliphatic heterocycles. The first-order valence-electron chi connectivity index (χ1n) is 6.10. The number of rotatable bonds is 8. The first-order valence-corrected chi connectivity index (χ1v) is 7.99. The molecule has 0 amide bonds. The molecule has 0 aromatic heterocycles. The van der Waals surface area contributed by atoms with E-state index in [1.807, 2.05) is 6.92 Å². The SMILES string of the molecule is COCCNCC(C)Oc1ccc(S(C)(=O)=O)cc1. The van der Waals surface area contributed by atoms with Crippen LogP contribution in [-0.2, 0) is 14.6 Å². The molecule has 0 radical (unpaired) electrons. The van der Waals surface area contributed by atoms with Crippen molar-refractivity contribution in [1.29, 1.82) is 0 Å². The Labute approximate surface area is 114 Å². The molecule has 0 aliphatic carbocycles. The molecule has 0 saturated carbocycles. The van der Waals surface area contributed by atoms with Gasteiger partial charge >= 0.3 is 0 Å². The van der Waals surface area contributed by atoms with Gasteiger partial charge in [0.2, 0.25) is 0 Å². The normalized spacial score (nSPS) is 13.2. The van der Waals surface area contributed by atoms with Crippen molar-refractivity contribution in [3.05, 3.63) is 24.3 Å². The number of ether oxygens (including phenoxy) is 2. The maximum atomic E-state index is 11.3. The molecule has 1 rings (SSSR count). The number of hydrogen-bond donors (Lipinski definition) is 1. The second-order valence-corrected chi connectivity index (χ2v) is 6.38. The molecule has 0 heterocycles. The smallest absolute Gasteiger partial charge is 0.175 e. The molecule has 1 aromatic rings. The molecule has 0 aliphatic rings. The standard InChI is InChI=1S/C13H21NO4S/c1-11(10-14-8-9-17-2)18-12-4-6-13(7-5-12)19(3,15)16/h4-7,11,14H,8-10H2,1-3H3. The van der Waals surface area contributed by atoms with Gasteiger partial charge in [0.25, 0.3) is 0 Å². The summed E-state index contributed by atoms with van der Waals surface area (Å²) < 4.78 is 33.2. The maximum Gasteiger partial charge on any atom is 0.175 e. The summed E-state index contributed by atoms with van der Waals surface area (Å²) in [5, 5.41) is 3.20. The van der Waals surface area contributed by atoms with Crippen LogP contribution in [0.3, 0.4) is 0 Å². The number of sulfone groups is 1.